The molecule has 22 heavy (non-hydrogen) atoms. The number of nitrogens with one attached hydrogen (secondary N) is 1. The number of hydrogen-bond acceptors (Lipinski definition) is 5. The number of rotatable bonds is 5. The molecular weight excluding hydrogens is 322 g/mol. The van der Waals surface area contributed by atoms with Crippen molar-refractivity contribution in [1.82, 2.24) is 4.98 Å². The maximum absolute atomic E-state index is 12.5. The smallest absolute Gasteiger partial charge is 0.246 e. The summed E-state index contributed by atoms with van der Waals surface area (Å²) in [7, 11) is 0. The predicted octanol–water partition coefficient (Wildman–Crippen LogP) is 3.16. The number of halogens is 1. The molecule has 0 bridgehead atoms. The molecule has 2 atom stereocenters. The molecule has 1 aromatic heterocycles. The van der Waals surface area contributed by atoms with Gasteiger partial charge in [0.25, 0.3) is 0 Å². The number of carbonyl (C=O) groups excluding carboxylic acids is 1. The third-order valence-electron chi connectivity index (χ3n) is 4.57. The molecule has 1 amide bonds. The van der Waals surface area contributed by atoms with Crippen LogP contribution in [0.15, 0.2) is 5.38 Å². The van der Waals surface area contributed by atoms with Gasteiger partial charge in [-0.2, -0.15) is 0 Å². The molecule has 126 valence electrons. The van der Waals surface area contributed by atoms with Crippen molar-refractivity contribution in [2.45, 2.75) is 58.6 Å². The SMILES string of the molecule is CCOC1CC(N)(C(=O)Nc2nc(C(C)C)cs2)C1(C)C.Cl. The van der Waals surface area contributed by atoms with E-state index in [0.29, 0.717) is 24.1 Å². The molecule has 0 aliphatic heterocycles. The van der Waals surface area contributed by atoms with Crippen molar-refractivity contribution in [3.8, 4) is 0 Å². The topological polar surface area (TPSA) is 77.2 Å². The standard InChI is InChI=1S/C15H25N3O2S.ClH/c1-6-20-11-7-15(16,14(11,4)5)12(19)18-13-17-10(8-21-13)9(2)3;/h8-9,11H,6-7,16H2,1-5H3,(H,17,18,19);1H. The Morgan fingerprint density at radius 1 is 1.59 bits per heavy atom. The van der Waals surface area contributed by atoms with Crippen LogP contribution in [-0.4, -0.2) is 29.1 Å². The summed E-state index contributed by atoms with van der Waals surface area (Å²) in [6.07, 6.45) is 0.572. The molecule has 1 aliphatic carbocycles. The molecule has 2 unspecified atom stereocenters. The lowest BCUT2D eigenvalue weighted by Gasteiger charge is -2.57. The summed E-state index contributed by atoms with van der Waals surface area (Å²) in [6.45, 7) is 10.7. The quantitative estimate of drug-likeness (QED) is 0.857. The fourth-order valence-corrected chi connectivity index (χ4v) is 3.50. The zero-order valence-corrected chi connectivity index (χ0v) is 15.4. The van der Waals surface area contributed by atoms with Gasteiger partial charge in [-0.25, -0.2) is 4.98 Å². The fourth-order valence-electron chi connectivity index (χ4n) is 2.64. The van der Waals surface area contributed by atoms with E-state index >= 15 is 0 Å². The third-order valence-corrected chi connectivity index (χ3v) is 5.35. The summed E-state index contributed by atoms with van der Waals surface area (Å²) in [4.78, 5) is 17.0. The number of amides is 1. The average Bonchev–Trinajstić information content (AvgIpc) is 2.86. The fraction of sp³-hybridized carbons (Fsp3) is 0.733. The molecule has 1 saturated carbocycles. The lowest BCUT2D eigenvalue weighted by Crippen LogP contribution is -2.74. The van der Waals surface area contributed by atoms with Crippen molar-refractivity contribution in [3.63, 3.8) is 0 Å². The van der Waals surface area contributed by atoms with E-state index in [1.807, 2.05) is 26.2 Å². The zero-order chi connectivity index (χ0) is 15.8. The van der Waals surface area contributed by atoms with E-state index in [4.69, 9.17) is 10.5 Å². The summed E-state index contributed by atoms with van der Waals surface area (Å²) in [6, 6.07) is 0. The van der Waals surface area contributed by atoms with E-state index in [2.05, 4.69) is 24.1 Å². The van der Waals surface area contributed by atoms with E-state index in [0.717, 1.165) is 5.69 Å². The first-order valence-corrected chi connectivity index (χ1v) is 8.27. The normalized spacial score (nSPS) is 26.2. The Morgan fingerprint density at radius 3 is 2.68 bits per heavy atom. The Hall–Kier alpha value is -0.690. The minimum absolute atomic E-state index is 0. The molecule has 0 radical (unpaired) electrons. The van der Waals surface area contributed by atoms with Crippen LogP contribution in [0.4, 0.5) is 5.13 Å². The van der Waals surface area contributed by atoms with Crippen molar-refractivity contribution in [1.29, 1.82) is 0 Å². The van der Waals surface area contributed by atoms with E-state index in [9.17, 15) is 4.79 Å². The number of ether oxygens (including phenoxy) is 1. The minimum Gasteiger partial charge on any atom is -0.378 e. The number of aromatic nitrogens is 1. The molecule has 5 nitrogen and oxygen atoms in total. The van der Waals surface area contributed by atoms with E-state index in [1.54, 1.807) is 0 Å². The van der Waals surface area contributed by atoms with E-state index < -0.39 is 5.54 Å². The van der Waals surface area contributed by atoms with Gasteiger partial charge in [-0.05, 0) is 12.8 Å². The van der Waals surface area contributed by atoms with Crippen LogP contribution in [0, 0.1) is 5.41 Å². The van der Waals surface area contributed by atoms with Gasteiger partial charge in [0.05, 0.1) is 11.8 Å². The van der Waals surface area contributed by atoms with Crippen molar-refractivity contribution < 1.29 is 9.53 Å². The molecule has 1 aliphatic rings. The second-order valence-corrected chi connectivity index (χ2v) is 7.39. The van der Waals surface area contributed by atoms with E-state index in [1.165, 1.54) is 11.3 Å². The van der Waals surface area contributed by atoms with Crippen LogP contribution >= 0.6 is 23.7 Å². The molecule has 1 aromatic rings. The summed E-state index contributed by atoms with van der Waals surface area (Å²) in [5, 5.41) is 5.45. The highest BCUT2D eigenvalue weighted by molar-refractivity contribution is 7.13. The van der Waals surface area contributed by atoms with Gasteiger partial charge in [0, 0.05) is 23.8 Å². The van der Waals surface area contributed by atoms with Crippen LogP contribution in [0.25, 0.3) is 0 Å². The molecule has 2 rings (SSSR count). The molecular formula is C15H26ClN3O2S. The third kappa shape index (κ3) is 3.15. The molecule has 3 N–H and O–H groups in total. The number of hydrogen-bond donors (Lipinski definition) is 2. The summed E-state index contributed by atoms with van der Waals surface area (Å²) in [5.41, 5.74) is 6.04. The van der Waals surface area contributed by atoms with Crippen LogP contribution < -0.4 is 11.1 Å². The Morgan fingerprint density at radius 2 is 2.23 bits per heavy atom. The largest absolute Gasteiger partial charge is 0.378 e. The highest BCUT2D eigenvalue weighted by Gasteiger charge is 2.62. The lowest BCUT2D eigenvalue weighted by molar-refractivity contribution is -0.166. The van der Waals surface area contributed by atoms with Gasteiger partial charge in [0.1, 0.15) is 5.54 Å². The molecule has 0 saturated heterocycles. The van der Waals surface area contributed by atoms with Crippen LogP contribution in [0.2, 0.25) is 0 Å². The Bertz CT molecular complexity index is 533. The summed E-state index contributed by atoms with van der Waals surface area (Å²) >= 11 is 1.44. The van der Waals surface area contributed by atoms with Crippen LogP contribution in [0.5, 0.6) is 0 Å². The Balaban J connectivity index is 0.00000242. The van der Waals surface area contributed by atoms with E-state index in [-0.39, 0.29) is 29.8 Å². The lowest BCUT2D eigenvalue weighted by atomic mass is 9.54. The van der Waals surface area contributed by atoms with Gasteiger partial charge in [0.2, 0.25) is 5.91 Å². The minimum atomic E-state index is -0.906. The molecule has 0 aromatic carbocycles. The van der Waals surface area contributed by atoms with Crippen molar-refractivity contribution in [2.24, 2.45) is 11.1 Å². The summed E-state index contributed by atoms with van der Waals surface area (Å²) in [5.74, 6) is 0.175. The maximum atomic E-state index is 12.5. The first kappa shape index (κ1) is 19.4. The van der Waals surface area contributed by atoms with Crippen molar-refractivity contribution >= 4 is 34.8 Å². The second-order valence-electron chi connectivity index (χ2n) is 6.53. The monoisotopic (exact) mass is 347 g/mol. The average molecular weight is 348 g/mol. The van der Waals surface area contributed by atoms with Gasteiger partial charge in [-0.1, -0.05) is 27.7 Å². The summed E-state index contributed by atoms with van der Waals surface area (Å²) < 4.78 is 5.65. The van der Waals surface area contributed by atoms with Crippen molar-refractivity contribution in [2.75, 3.05) is 11.9 Å². The second kappa shape index (κ2) is 6.83. The number of nitrogens with two attached hydrogens (primary N) is 1. The van der Waals surface area contributed by atoms with Gasteiger partial charge in [-0.15, -0.1) is 23.7 Å². The van der Waals surface area contributed by atoms with Gasteiger partial charge in [0.15, 0.2) is 5.13 Å². The molecule has 0 spiro atoms. The van der Waals surface area contributed by atoms with Gasteiger partial charge < -0.3 is 15.8 Å². The van der Waals surface area contributed by atoms with Gasteiger partial charge >= 0.3 is 0 Å². The predicted molar refractivity (Wildman–Crippen MR) is 92.8 cm³/mol. The van der Waals surface area contributed by atoms with Crippen molar-refractivity contribution in [3.05, 3.63) is 11.1 Å². The molecule has 1 heterocycles. The first-order valence-electron chi connectivity index (χ1n) is 7.39. The molecule has 1 fully saturated rings. The number of carbonyl (C=O) groups is 1. The van der Waals surface area contributed by atoms with Gasteiger partial charge in [-0.3, -0.25) is 4.79 Å². The number of anilines is 1. The zero-order valence-electron chi connectivity index (χ0n) is 13.8. The highest BCUT2D eigenvalue weighted by atomic mass is 35.5. The molecule has 7 heteroatoms. The maximum Gasteiger partial charge on any atom is 0.246 e. The number of thiazole rings is 1. The van der Waals surface area contributed by atoms with Crippen LogP contribution in [0.1, 0.15) is 52.7 Å². The highest BCUT2D eigenvalue weighted by Crippen LogP contribution is 2.50. The van der Waals surface area contributed by atoms with Crippen LogP contribution in [0.3, 0.4) is 0 Å². The first-order chi connectivity index (χ1) is 9.72. The Labute approximate surface area is 142 Å². The number of nitrogens with zero attached hydrogens (tertiary/aromatic N) is 1. The Kier molecular flexibility index (Phi) is 6.01. The van der Waals surface area contributed by atoms with Crippen LogP contribution in [-0.2, 0) is 9.53 Å².